The molecule has 4 rings (SSSR count). The molecule has 0 bridgehead atoms. The topological polar surface area (TPSA) is 95.1 Å². The van der Waals surface area contributed by atoms with Gasteiger partial charge in [-0.3, -0.25) is 10.2 Å². The maximum Gasteiger partial charge on any atom is 0.315 e. The summed E-state index contributed by atoms with van der Waals surface area (Å²) in [4.78, 5) is 20.1. The van der Waals surface area contributed by atoms with Crippen LogP contribution in [0, 0.1) is 10.8 Å². The number of fused-ring (bicyclic) bond motifs is 1. The number of carbonyl (C=O) groups excluding carboxylic acids is 1. The number of benzene rings is 1. The molecule has 3 aliphatic rings. The van der Waals surface area contributed by atoms with Crippen LogP contribution in [0.15, 0.2) is 18.2 Å². The number of hydrogen-bond donors (Lipinski definition) is 2. The van der Waals surface area contributed by atoms with Crippen molar-refractivity contribution in [3.8, 4) is 5.75 Å². The molecule has 3 aliphatic heterocycles. The van der Waals surface area contributed by atoms with Gasteiger partial charge < -0.3 is 29.9 Å². The average molecular weight is 472 g/mol. The molecule has 2 saturated heterocycles. The summed E-state index contributed by atoms with van der Waals surface area (Å²) in [5.74, 6) is 0.740. The molecule has 0 aromatic heterocycles. The zero-order valence-electron chi connectivity index (χ0n) is 20.9. The van der Waals surface area contributed by atoms with Crippen LogP contribution in [-0.2, 0) is 22.5 Å². The summed E-state index contributed by atoms with van der Waals surface area (Å²) >= 11 is 0. The summed E-state index contributed by atoms with van der Waals surface area (Å²) in [5, 5.41) is 7.74. The Labute approximate surface area is 203 Å². The lowest BCUT2D eigenvalue weighted by Crippen LogP contribution is -2.53. The van der Waals surface area contributed by atoms with Crippen molar-refractivity contribution >= 4 is 11.9 Å². The zero-order chi connectivity index (χ0) is 24.1. The average Bonchev–Trinajstić information content (AvgIpc) is 2.87. The van der Waals surface area contributed by atoms with E-state index in [0.29, 0.717) is 25.8 Å². The number of esters is 1. The minimum Gasteiger partial charge on any atom is -0.492 e. The van der Waals surface area contributed by atoms with Gasteiger partial charge in [-0.15, -0.1) is 0 Å². The maximum atomic E-state index is 13.1. The van der Waals surface area contributed by atoms with Gasteiger partial charge in [0.15, 0.2) is 5.96 Å². The Kier molecular flexibility index (Phi) is 7.99. The van der Waals surface area contributed by atoms with Crippen molar-refractivity contribution in [2.24, 2.45) is 11.1 Å². The van der Waals surface area contributed by atoms with E-state index in [1.54, 1.807) is 0 Å². The number of likely N-dealkylation sites (tertiary alicyclic amines) is 2. The van der Waals surface area contributed by atoms with Gasteiger partial charge in [-0.2, -0.15) is 0 Å². The van der Waals surface area contributed by atoms with Crippen LogP contribution in [0.4, 0.5) is 0 Å². The van der Waals surface area contributed by atoms with Crippen molar-refractivity contribution in [3.05, 3.63) is 29.3 Å². The second-order valence-corrected chi connectivity index (χ2v) is 9.98. The summed E-state index contributed by atoms with van der Waals surface area (Å²) in [6.07, 6.45) is 4.83. The van der Waals surface area contributed by atoms with Crippen LogP contribution in [-0.4, -0.2) is 85.2 Å². The van der Waals surface area contributed by atoms with Gasteiger partial charge in [-0.05, 0) is 95.0 Å². The first kappa shape index (κ1) is 24.8. The minimum atomic E-state index is -0.599. The Balaban J connectivity index is 1.39. The number of hydrogen-bond acceptors (Lipinski definition) is 6. The lowest BCUT2D eigenvalue weighted by molar-refractivity contribution is -0.161. The molecule has 0 saturated carbocycles. The van der Waals surface area contributed by atoms with E-state index in [9.17, 15) is 4.79 Å². The highest BCUT2D eigenvalue weighted by Gasteiger charge is 2.45. The number of nitrogens with one attached hydrogen (secondary N) is 1. The van der Waals surface area contributed by atoms with E-state index in [4.69, 9.17) is 20.6 Å². The smallest absolute Gasteiger partial charge is 0.315 e. The molecule has 3 N–H and O–H groups in total. The second-order valence-electron chi connectivity index (χ2n) is 9.98. The number of nitrogens with zero attached hydrogens (tertiary/aromatic N) is 3. The molecule has 2 fully saturated rings. The number of rotatable bonds is 7. The highest BCUT2D eigenvalue weighted by atomic mass is 16.5. The highest BCUT2D eigenvalue weighted by Crippen LogP contribution is 2.36. The Morgan fingerprint density at radius 2 is 1.85 bits per heavy atom. The van der Waals surface area contributed by atoms with Gasteiger partial charge in [-0.25, -0.2) is 0 Å². The van der Waals surface area contributed by atoms with E-state index in [2.05, 4.69) is 22.8 Å². The summed E-state index contributed by atoms with van der Waals surface area (Å²) in [6.45, 7) is 11.5. The van der Waals surface area contributed by atoms with Crippen LogP contribution in [0.25, 0.3) is 0 Å². The quantitative estimate of drug-likeness (QED) is 0.358. The molecule has 0 amide bonds. The van der Waals surface area contributed by atoms with Crippen LogP contribution in [0.1, 0.15) is 50.7 Å². The van der Waals surface area contributed by atoms with Gasteiger partial charge in [-0.1, -0.05) is 13.0 Å². The molecular weight excluding hydrogens is 430 g/mol. The van der Waals surface area contributed by atoms with Gasteiger partial charge in [0, 0.05) is 19.1 Å². The predicted octanol–water partition coefficient (Wildman–Crippen LogP) is 2.45. The molecule has 34 heavy (non-hydrogen) atoms. The summed E-state index contributed by atoms with van der Waals surface area (Å²) in [7, 11) is 0. The van der Waals surface area contributed by atoms with Crippen LogP contribution in [0.3, 0.4) is 0 Å². The largest absolute Gasteiger partial charge is 0.492 e. The highest BCUT2D eigenvalue weighted by molar-refractivity contribution is 5.77. The maximum absolute atomic E-state index is 13.1. The first-order valence-corrected chi connectivity index (χ1v) is 12.9. The molecule has 0 radical (unpaired) electrons. The van der Waals surface area contributed by atoms with Crippen molar-refractivity contribution < 1.29 is 14.3 Å². The zero-order valence-corrected chi connectivity index (χ0v) is 20.9. The Morgan fingerprint density at radius 3 is 2.50 bits per heavy atom. The van der Waals surface area contributed by atoms with E-state index in [1.165, 1.54) is 31.5 Å². The third kappa shape index (κ3) is 5.49. The molecule has 0 spiro atoms. The molecule has 8 nitrogen and oxygen atoms in total. The second kappa shape index (κ2) is 11.0. The number of carbonyl (C=O) groups is 1. The number of piperidine rings is 2. The lowest BCUT2D eigenvalue weighted by atomic mass is 9.78. The van der Waals surface area contributed by atoms with Crippen LogP contribution >= 0.6 is 0 Å². The van der Waals surface area contributed by atoms with Crippen LogP contribution in [0.2, 0.25) is 0 Å². The van der Waals surface area contributed by atoms with Crippen molar-refractivity contribution in [1.82, 2.24) is 14.7 Å². The summed E-state index contributed by atoms with van der Waals surface area (Å²) in [5.41, 5.74) is 7.50. The first-order chi connectivity index (χ1) is 16.4. The van der Waals surface area contributed by atoms with E-state index >= 15 is 0 Å². The van der Waals surface area contributed by atoms with Crippen LogP contribution < -0.4 is 10.5 Å². The lowest BCUT2D eigenvalue weighted by Gasteiger charge is -2.44. The van der Waals surface area contributed by atoms with Gasteiger partial charge in [0.25, 0.3) is 0 Å². The normalized spacial score (nSPS) is 21.6. The number of ether oxygens (including phenoxy) is 2. The van der Waals surface area contributed by atoms with Crippen molar-refractivity contribution in [2.75, 3.05) is 52.5 Å². The van der Waals surface area contributed by atoms with Gasteiger partial charge >= 0.3 is 5.97 Å². The Morgan fingerprint density at radius 1 is 1.12 bits per heavy atom. The third-order valence-corrected chi connectivity index (χ3v) is 8.03. The van der Waals surface area contributed by atoms with Gasteiger partial charge in [0.2, 0.25) is 0 Å². The van der Waals surface area contributed by atoms with E-state index < -0.39 is 5.41 Å². The van der Waals surface area contributed by atoms with Crippen LogP contribution in [0.5, 0.6) is 5.75 Å². The van der Waals surface area contributed by atoms with Crippen molar-refractivity contribution in [2.45, 2.75) is 58.5 Å². The molecular formula is C26H41N5O3. The molecule has 1 aromatic rings. The summed E-state index contributed by atoms with van der Waals surface area (Å²) in [6, 6.07) is 6.76. The SMILES string of the molecule is CCOC(=O)C1(COc2ccc3c(c2)CN(C(=N)N)CC3)CCN(C2CCN(CC)CC2)CC1. The van der Waals surface area contributed by atoms with E-state index in [1.807, 2.05) is 24.0 Å². The third-order valence-electron chi connectivity index (χ3n) is 8.03. The number of nitrogens with two attached hydrogens (primary N) is 1. The molecule has 8 heteroatoms. The Bertz CT molecular complexity index is 860. The molecule has 3 heterocycles. The molecule has 188 valence electrons. The molecule has 1 aromatic carbocycles. The van der Waals surface area contributed by atoms with E-state index in [0.717, 1.165) is 56.8 Å². The predicted molar refractivity (Wildman–Crippen MR) is 133 cm³/mol. The number of guanidine groups is 1. The van der Waals surface area contributed by atoms with Crippen molar-refractivity contribution in [3.63, 3.8) is 0 Å². The van der Waals surface area contributed by atoms with E-state index in [-0.39, 0.29) is 11.9 Å². The minimum absolute atomic E-state index is 0.102. The molecule has 0 aliphatic carbocycles. The van der Waals surface area contributed by atoms with Gasteiger partial charge in [0.05, 0.1) is 6.61 Å². The monoisotopic (exact) mass is 471 g/mol. The fraction of sp³-hybridized carbons (Fsp3) is 0.692. The van der Waals surface area contributed by atoms with Crippen molar-refractivity contribution in [1.29, 1.82) is 5.41 Å². The molecule has 0 atom stereocenters. The fourth-order valence-corrected chi connectivity index (χ4v) is 5.66. The molecule has 0 unspecified atom stereocenters. The Hall–Kier alpha value is -2.32. The fourth-order valence-electron chi connectivity index (χ4n) is 5.66. The summed E-state index contributed by atoms with van der Waals surface area (Å²) < 4.78 is 11.8. The first-order valence-electron chi connectivity index (χ1n) is 12.9. The standard InChI is InChI=1S/C26H41N5O3/c1-3-29-12-8-22(9-13-29)30-15-10-26(11-16-30,24(32)33-4-2)19-34-23-6-5-20-7-14-31(25(27)28)18-21(20)17-23/h5-6,17,22H,3-4,7-16,18-19H2,1-2H3,(H3,27,28). The van der Waals surface area contributed by atoms with Gasteiger partial charge in [0.1, 0.15) is 17.8 Å².